The van der Waals surface area contributed by atoms with Crippen LogP contribution in [0.15, 0.2) is 35.6 Å². The van der Waals surface area contributed by atoms with Crippen molar-refractivity contribution in [3.8, 4) is 0 Å². The molecular formula is C23H26N2O9. The second kappa shape index (κ2) is 10.0. The Morgan fingerprint density at radius 2 is 1.85 bits per heavy atom. The van der Waals surface area contributed by atoms with Gasteiger partial charge in [-0.25, -0.2) is 4.79 Å². The summed E-state index contributed by atoms with van der Waals surface area (Å²) >= 11 is 0. The van der Waals surface area contributed by atoms with Gasteiger partial charge in [-0.1, -0.05) is 18.2 Å². The van der Waals surface area contributed by atoms with Crippen LogP contribution >= 0.6 is 0 Å². The van der Waals surface area contributed by atoms with Gasteiger partial charge in [-0.05, 0) is 25.5 Å². The molecule has 182 valence electrons. The molecule has 0 aliphatic carbocycles. The zero-order chi connectivity index (χ0) is 25.0. The van der Waals surface area contributed by atoms with E-state index < -0.39 is 47.6 Å². The first-order valence-electron chi connectivity index (χ1n) is 10.5. The minimum Gasteiger partial charge on any atom is -0.468 e. The average molecular weight is 474 g/mol. The predicted molar refractivity (Wildman–Crippen MR) is 117 cm³/mol. The Balaban J connectivity index is 2.31. The monoisotopic (exact) mass is 474 g/mol. The third-order valence-corrected chi connectivity index (χ3v) is 5.67. The Labute approximate surface area is 196 Å². The van der Waals surface area contributed by atoms with Crippen LogP contribution in [-0.2, 0) is 48.3 Å². The van der Waals surface area contributed by atoms with E-state index in [9.17, 15) is 19.2 Å². The number of methoxy groups -OCH3 is 2. The number of nitrogens with one attached hydrogen (secondary N) is 1. The Kier molecular flexibility index (Phi) is 7.35. The van der Waals surface area contributed by atoms with Crippen molar-refractivity contribution < 1.29 is 42.9 Å². The lowest BCUT2D eigenvalue weighted by molar-refractivity contribution is -0.152. The van der Waals surface area contributed by atoms with E-state index in [1.54, 1.807) is 31.2 Å². The number of para-hydroxylation sites is 1. The molecule has 1 aromatic carbocycles. The summed E-state index contributed by atoms with van der Waals surface area (Å²) in [4.78, 5) is 53.9. The number of amides is 1. The second-order valence-electron chi connectivity index (χ2n) is 7.50. The summed E-state index contributed by atoms with van der Waals surface area (Å²) in [6, 6.07) is 6.41. The average Bonchev–Trinajstić information content (AvgIpc) is 3.02. The van der Waals surface area contributed by atoms with Crippen molar-refractivity contribution in [1.29, 1.82) is 5.41 Å². The number of benzene rings is 1. The maximum Gasteiger partial charge on any atom is 0.339 e. The van der Waals surface area contributed by atoms with Crippen LogP contribution in [0.3, 0.4) is 0 Å². The van der Waals surface area contributed by atoms with Crippen molar-refractivity contribution in [2.75, 3.05) is 45.5 Å². The zero-order valence-electron chi connectivity index (χ0n) is 19.3. The van der Waals surface area contributed by atoms with Crippen molar-refractivity contribution in [3.05, 3.63) is 41.2 Å². The fourth-order valence-corrected chi connectivity index (χ4v) is 4.35. The van der Waals surface area contributed by atoms with Gasteiger partial charge < -0.3 is 23.7 Å². The lowest BCUT2D eigenvalue weighted by atomic mass is 9.64. The molecule has 1 N–H and O–H groups in total. The molecule has 1 aromatic rings. The number of carbonyl (C=O) groups excluding carboxylic acids is 4. The van der Waals surface area contributed by atoms with E-state index in [0.717, 1.165) is 4.90 Å². The maximum absolute atomic E-state index is 14.1. The largest absolute Gasteiger partial charge is 0.468 e. The highest BCUT2D eigenvalue weighted by Crippen LogP contribution is 2.54. The van der Waals surface area contributed by atoms with Crippen molar-refractivity contribution in [3.63, 3.8) is 0 Å². The normalized spacial score (nSPS) is 21.3. The number of ether oxygens (including phenoxy) is 5. The molecule has 2 atom stereocenters. The molecule has 2 heterocycles. The topological polar surface area (TPSA) is 142 Å². The molecule has 2 aliphatic rings. The number of allylic oxidation sites excluding steroid dienone is 1. The lowest BCUT2D eigenvalue weighted by Gasteiger charge is -2.39. The number of anilines is 1. The Morgan fingerprint density at radius 3 is 2.50 bits per heavy atom. The summed E-state index contributed by atoms with van der Waals surface area (Å²) in [7, 11) is 2.61. The third-order valence-electron chi connectivity index (χ3n) is 5.67. The van der Waals surface area contributed by atoms with Crippen LogP contribution in [0.4, 0.5) is 5.69 Å². The summed E-state index contributed by atoms with van der Waals surface area (Å²) in [5.74, 6) is -5.59. The third kappa shape index (κ3) is 3.92. The Bertz CT molecular complexity index is 1060. The Hall–Kier alpha value is -3.73. The fraction of sp³-hybridized carbons (Fsp3) is 0.435. The molecule has 1 spiro atoms. The summed E-state index contributed by atoms with van der Waals surface area (Å²) < 4.78 is 25.6. The van der Waals surface area contributed by atoms with Crippen molar-refractivity contribution in [2.24, 2.45) is 5.92 Å². The summed E-state index contributed by atoms with van der Waals surface area (Å²) in [5.41, 5.74) is -1.76. The van der Waals surface area contributed by atoms with Crippen molar-refractivity contribution in [2.45, 2.75) is 19.3 Å². The second-order valence-corrected chi connectivity index (χ2v) is 7.50. The zero-order valence-corrected chi connectivity index (χ0v) is 19.3. The molecule has 1 amide bonds. The van der Waals surface area contributed by atoms with Crippen LogP contribution in [0, 0.1) is 11.3 Å². The van der Waals surface area contributed by atoms with Crippen LogP contribution in [0.2, 0.25) is 0 Å². The first-order chi connectivity index (χ1) is 16.2. The number of rotatable bonds is 8. The van der Waals surface area contributed by atoms with Gasteiger partial charge in [0.05, 0.1) is 25.9 Å². The smallest absolute Gasteiger partial charge is 0.339 e. The van der Waals surface area contributed by atoms with Crippen LogP contribution in [-0.4, -0.2) is 70.3 Å². The molecule has 34 heavy (non-hydrogen) atoms. The van der Waals surface area contributed by atoms with Gasteiger partial charge in [-0.3, -0.25) is 24.7 Å². The quantitative estimate of drug-likeness (QED) is 0.333. The summed E-state index contributed by atoms with van der Waals surface area (Å²) in [6.45, 7) is 2.46. The van der Waals surface area contributed by atoms with Crippen molar-refractivity contribution in [1.82, 2.24) is 0 Å². The molecule has 2 aliphatic heterocycles. The van der Waals surface area contributed by atoms with E-state index in [0.29, 0.717) is 0 Å². The van der Waals surface area contributed by atoms with Gasteiger partial charge in [0.2, 0.25) is 11.8 Å². The van der Waals surface area contributed by atoms with Crippen LogP contribution in [0.25, 0.3) is 0 Å². The fourth-order valence-electron chi connectivity index (χ4n) is 4.35. The van der Waals surface area contributed by atoms with Gasteiger partial charge in [-0.15, -0.1) is 0 Å². The van der Waals surface area contributed by atoms with Crippen LogP contribution in [0.1, 0.15) is 19.4 Å². The molecule has 2 unspecified atom stereocenters. The van der Waals surface area contributed by atoms with E-state index >= 15 is 0 Å². The molecule has 0 aromatic heterocycles. The van der Waals surface area contributed by atoms with Gasteiger partial charge >= 0.3 is 17.9 Å². The number of nitrogens with zero attached hydrogens (tertiary/aromatic N) is 1. The number of fused-ring (bicyclic) bond motifs is 2. The lowest BCUT2D eigenvalue weighted by Crippen LogP contribution is -2.57. The predicted octanol–water partition coefficient (Wildman–Crippen LogP) is 1.09. The molecule has 3 rings (SSSR count). The van der Waals surface area contributed by atoms with Gasteiger partial charge in [-0.2, -0.15) is 0 Å². The maximum atomic E-state index is 14.1. The molecule has 11 heteroatoms. The molecule has 0 fully saturated rings. The highest BCUT2D eigenvalue weighted by Gasteiger charge is 2.67. The molecule has 11 nitrogen and oxygen atoms in total. The highest BCUT2D eigenvalue weighted by molar-refractivity contribution is 6.22. The standard InChI is InChI=1S/C23H26N2O9/c1-5-32-21(28)18-19(24)34-13(2)17(20(27)33-11-10-30-3)23(18)14-8-6-7-9-15(14)25(22(23)29)12-16(26)31-4/h6-9,18,24H,5,10-12H2,1-4H3. The minimum absolute atomic E-state index is 0.0310. The van der Waals surface area contributed by atoms with E-state index in [-0.39, 0.29) is 42.4 Å². The number of hydrogen-bond acceptors (Lipinski definition) is 10. The van der Waals surface area contributed by atoms with Gasteiger partial charge in [0, 0.05) is 12.8 Å². The molecule has 0 saturated carbocycles. The van der Waals surface area contributed by atoms with Crippen LogP contribution in [0.5, 0.6) is 0 Å². The van der Waals surface area contributed by atoms with Crippen LogP contribution < -0.4 is 4.90 Å². The first-order valence-corrected chi connectivity index (χ1v) is 10.5. The summed E-state index contributed by atoms with van der Waals surface area (Å²) in [5, 5.41) is 8.46. The molecule has 0 radical (unpaired) electrons. The summed E-state index contributed by atoms with van der Waals surface area (Å²) in [6.07, 6.45) is 0. The number of carbonyl (C=O) groups is 4. The molecule has 0 bridgehead atoms. The van der Waals surface area contributed by atoms with Gasteiger partial charge in [0.15, 0.2) is 5.92 Å². The van der Waals surface area contributed by atoms with Gasteiger partial charge in [0.1, 0.15) is 24.3 Å². The van der Waals surface area contributed by atoms with E-state index in [1.165, 1.54) is 21.1 Å². The van der Waals surface area contributed by atoms with E-state index in [1.807, 2.05) is 0 Å². The minimum atomic E-state index is -2.04. The van der Waals surface area contributed by atoms with E-state index in [4.69, 9.17) is 29.1 Å². The first kappa shape index (κ1) is 24.9. The van der Waals surface area contributed by atoms with Crippen molar-refractivity contribution >= 4 is 35.4 Å². The molecular weight excluding hydrogens is 448 g/mol. The SMILES string of the molecule is CCOC(=O)C1C(=N)OC(C)=C(C(=O)OCCOC)C12C(=O)N(CC(=O)OC)c1ccccc12. The van der Waals surface area contributed by atoms with Gasteiger partial charge in [0.25, 0.3) is 0 Å². The van der Waals surface area contributed by atoms with E-state index in [2.05, 4.69) is 0 Å². The molecule has 0 saturated heterocycles. The number of esters is 3. The Morgan fingerprint density at radius 1 is 1.15 bits per heavy atom. The number of hydrogen-bond donors (Lipinski definition) is 1. The highest BCUT2D eigenvalue weighted by atomic mass is 16.6.